The minimum atomic E-state index is -0.289. The monoisotopic (exact) mass is 288 g/mol. The van der Waals surface area contributed by atoms with E-state index in [2.05, 4.69) is 26.1 Å². The Labute approximate surface area is 126 Å². The molecule has 1 aromatic carbocycles. The second-order valence-electron chi connectivity index (χ2n) is 7.69. The molecule has 3 unspecified atom stereocenters. The SMILES string of the molecule is CC1CC(C2CNc3ccc([N+](=O)[O-])cc32)CC(C)(C)C1. The number of nitro benzene ring substituents is 1. The van der Waals surface area contributed by atoms with E-state index in [1.807, 2.05) is 6.07 Å². The number of fused-ring (bicyclic) bond motifs is 1. The van der Waals surface area contributed by atoms with Gasteiger partial charge in [0, 0.05) is 30.3 Å². The van der Waals surface area contributed by atoms with Gasteiger partial charge in [0.05, 0.1) is 4.92 Å². The van der Waals surface area contributed by atoms with Crippen molar-refractivity contribution in [1.82, 2.24) is 0 Å². The van der Waals surface area contributed by atoms with E-state index in [0.717, 1.165) is 23.7 Å². The van der Waals surface area contributed by atoms with Crippen LogP contribution in [0.4, 0.5) is 11.4 Å². The molecule has 1 saturated carbocycles. The van der Waals surface area contributed by atoms with E-state index in [1.165, 1.54) is 19.3 Å². The fraction of sp³-hybridized carbons (Fsp3) is 0.647. The van der Waals surface area contributed by atoms with E-state index in [9.17, 15) is 10.1 Å². The van der Waals surface area contributed by atoms with Gasteiger partial charge in [-0.25, -0.2) is 0 Å². The van der Waals surface area contributed by atoms with Crippen LogP contribution in [0.5, 0.6) is 0 Å². The first-order valence-corrected chi connectivity index (χ1v) is 7.88. The number of non-ortho nitro benzene ring substituents is 1. The Balaban J connectivity index is 1.89. The van der Waals surface area contributed by atoms with Gasteiger partial charge < -0.3 is 5.32 Å². The summed E-state index contributed by atoms with van der Waals surface area (Å²) in [6.45, 7) is 7.97. The first kappa shape index (κ1) is 14.4. The van der Waals surface area contributed by atoms with E-state index in [-0.39, 0.29) is 10.6 Å². The molecule has 0 bridgehead atoms. The topological polar surface area (TPSA) is 55.2 Å². The molecule has 3 rings (SSSR count). The first-order chi connectivity index (χ1) is 9.85. The Hall–Kier alpha value is -1.58. The van der Waals surface area contributed by atoms with Crippen molar-refractivity contribution in [3.63, 3.8) is 0 Å². The van der Waals surface area contributed by atoms with Crippen molar-refractivity contribution in [2.24, 2.45) is 17.3 Å². The van der Waals surface area contributed by atoms with Gasteiger partial charge in [0.2, 0.25) is 0 Å². The number of nitro groups is 1. The van der Waals surface area contributed by atoms with E-state index < -0.39 is 0 Å². The maximum absolute atomic E-state index is 11.0. The fourth-order valence-corrected chi connectivity index (χ4v) is 4.61. The van der Waals surface area contributed by atoms with Crippen LogP contribution in [-0.2, 0) is 0 Å². The van der Waals surface area contributed by atoms with Crippen molar-refractivity contribution < 1.29 is 4.92 Å². The zero-order valence-electron chi connectivity index (χ0n) is 13.1. The Morgan fingerprint density at radius 2 is 2.10 bits per heavy atom. The van der Waals surface area contributed by atoms with Crippen molar-refractivity contribution in [2.75, 3.05) is 11.9 Å². The normalized spacial score (nSPS) is 30.5. The van der Waals surface area contributed by atoms with E-state index in [1.54, 1.807) is 12.1 Å². The van der Waals surface area contributed by atoms with Crippen molar-refractivity contribution in [3.05, 3.63) is 33.9 Å². The molecular weight excluding hydrogens is 264 g/mol. The van der Waals surface area contributed by atoms with E-state index >= 15 is 0 Å². The van der Waals surface area contributed by atoms with Crippen LogP contribution in [-0.4, -0.2) is 11.5 Å². The lowest BCUT2D eigenvalue weighted by molar-refractivity contribution is -0.384. The molecule has 4 heteroatoms. The molecular formula is C17H24N2O2. The molecule has 1 aliphatic heterocycles. The summed E-state index contributed by atoms with van der Waals surface area (Å²) in [6, 6.07) is 5.25. The smallest absolute Gasteiger partial charge is 0.269 e. The highest BCUT2D eigenvalue weighted by molar-refractivity contribution is 5.61. The standard InChI is InChI=1S/C17H24N2O2/c1-11-6-12(9-17(2,3)8-11)15-10-18-16-5-4-13(19(20)21)7-14(15)16/h4-5,7,11-12,15,18H,6,8-10H2,1-3H3. The zero-order valence-corrected chi connectivity index (χ0v) is 13.1. The van der Waals surface area contributed by atoms with Gasteiger partial charge in [0.25, 0.3) is 5.69 Å². The maximum Gasteiger partial charge on any atom is 0.269 e. The van der Waals surface area contributed by atoms with Gasteiger partial charge in [-0.2, -0.15) is 0 Å². The van der Waals surface area contributed by atoms with Crippen LogP contribution in [0.2, 0.25) is 0 Å². The summed E-state index contributed by atoms with van der Waals surface area (Å²) in [5.74, 6) is 1.78. The average molecular weight is 288 g/mol. The molecule has 1 aromatic rings. The van der Waals surface area contributed by atoms with Gasteiger partial charge in [-0.1, -0.05) is 20.8 Å². The highest BCUT2D eigenvalue weighted by atomic mass is 16.6. The lowest BCUT2D eigenvalue weighted by Crippen LogP contribution is -2.31. The third kappa shape index (κ3) is 2.76. The molecule has 0 aromatic heterocycles. The lowest BCUT2D eigenvalue weighted by atomic mass is 9.64. The fourth-order valence-electron chi connectivity index (χ4n) is 4.61. The van der Waals surface area contributed by atoms with Gasteiger partial charge in [0.1, 0.15) is 0 Å². The predicted octanol–water partition coefficient (Wildman–Crippen LogP) is 4.57. The molecule has 1 N–H and O–H groups in total. The van der Waals surface area contributed by atoms with Crippen LogP contribution in [0.25, 0.3) is 0 Å². The minimum Gasteiger partial charge on any atom is -0.384 e. The molecule has 1 heterocycles. The molecule has 3 atom stereocenters. The van der Waals surface area contributed by atoms with Crippen LogP contribution in [0, 0.1) is 27.4 Å². The Bertz CT molecular complexity index is 568. The summed E-state index contributed by atoms with van der Waals surface area (Å²) in [4.78, 5) is 10.7. The molecule has 0 saturated heterocycles. The molecule has 114 valence electrons. The lowest BCUT2D eigenvalue weighted by Gasteiger charge is -2.41. The Kier molecular flexibility index (Phi) is 3.42. The molecule has 1 aliphatic carbocycles. The number of hydrogen-bond donors (Lipinski definition) is 1. The molecule has 0 spiro atoms. The Morgan fingerprint density at radius 3 is 2.76 bits per heavy atom. The third-order valence-electron chi connectivity index (χ3n) is 5.15. The van der Waals surface area contributed by atoms with Crippen LogP contribution >= 0.6 is 0 Å². The molecule has 2 aliphatic rings. The number of hydrogen-bond acceptors (Lipinski definition) is 3. The van der Waals surface area contributed by atoms with Crippen LogP contribution in [0.1, 0.15) is 51.5 Å². The van der Waals surface area contributed by atoms with Crippen molar-refractivity contribution in [3.8, 4) is 0 Å². The van der Waals surface area contributed by atoms with E-state index in [0.29, 0.717) is 17.3 Å². The van der Waals surface area contributed by atoms with Crippen LogP contribution in [0.3, 0.4) is 0 Å². The second-order valence-corrected chi connectivity index (χ2v) is 7.69. The number of anilines is 1. The minimum absolute atomic E-state index is 0.213. The van der Waals surface area contributed by atoms with Gasteiger partial charge in [-0.15, -0.1) is 0 Å². The van der Waals surface area contributed by atoms with Gasteiger partial charge >= 0.3 is 0 Å². The summed E-state index contributed by atoms with van der Waals surface area (Å²) in [5, 5.41) is 14.5. The van der Waals surface area contributed by atoms with Crippen molar-refractivity contribution in [2.45, 2.75) is 46.0 Å². The number of rotatable bonds is 2. The molecule has 4 nitrogen and oxygen atoms in total. The number of benzene rings is 1. The summed E-state index contributed by atoms with van der Waals surface area (Å²) in [7, 11) is 0. The summed E-state index contributed by atoms with van der Waals surface area (Å²) in [6.07, 6.45) is 3.73. The quantitative estimate of drug-likeness (QED) is 0.641. The highest BCUT2D eigenvalue weighted by Gasteiger charge is 2.39. The molecule has 21 heavy (non-hydrogen) atoms. The van der Waals surface area contributed by atoms with Gasteiger partial charge in [-0.05, 0) is 48.1 Å². The highest BCUT2D eigenvalue weighted by Crippen LogP contribution is 2.49. The van der Waals surface area contributed by atoms with Crippen LogP contribution in [0.15, 0.2) is 18.2 Å². The summed E-state index contributed by atoms with van der Waals surface area (Å²) < 4.78 is 0. The summed E-state index contributed by atoms with van der Waals surface area (Å²) in [5.41, 5.74) is 2.83. The predicted molar refractivity (Wildman–Crippen MR) is 84.6 cm³/mol. The number of nitrogens with one attached hydrogen (secondary N) is 1. The average Bonchev–Trinajstić information content (AvgIpc) is 2.78. The maximum atomic E-state index is 11.0. The molecule has 0 amide bonds. The van der Waals surface area contributed by atoms with Crippen molar-refractivity contribution >= 4 is 11.4 Å². The second kappa shape index (κ2) is 5.00. The zero-order chi connectivity index (χ0) is 15.2. The Morgan fingerprint density at radius 1 is 1.33 bits per heavy atom. The van der Waals surface area contributed by atoms with E-state index in [4.69, 9.17) is 0 Å². The van der Waals surface area contributed by atoms with Crippen LogP contribution < -0.4 is 5.32 Å². The van der Waals surface area contributed by atoms with Gasteiger partial charge in [0.15, 0.2) is 0 Å². The first-order valence-electron chi connectivity index (χ1n) is 7.88. The third-order valence-corrected chi connectivity index (χ3v) is 5.15. The van der Waals surface area contributed by atoms with Gasteiger partial charge in [-0.3, -0.25) is 10.1 Å². The number of nitrogens with zero attached hydrogens (tertiary/aromatic N) is 1. The largest absolute Gasteiger partial charge is 0.384 e. The molecule has 1 fully saturated rings. The summed E-state index contributed by atoms with van der Waals surface area (Å²) >= 11 is 0. The molecule has 0 radical (unpaired) electrons. The van der Waals surface area contributed by atoms with Crippen molar-refractivity contribution in [1.29, 1.82) is 0 Å².